The third-order valence-corrected chi connectivity index (χ3v) is 3.50. The Balaban J connectivity index is 1.84. The topological polar surface area (TPSA) is 24.5 Å². The molecule has 0 aliphatic carbocycles. The maximum absolute atomic E-state index is 5.13. The first-order chi connectivity index (χ1) is 8.81. The number of para-hydroxylation sites is 1. The summed E-state index contributed by atoms with van der Waals surface area (Å²) in [6, 6.07) is 9.20. The molecule has 1 aromatic carbocycles. The van der Waals surface area contributed by atoms with E-state index in [1.54, 1.807) is 7.11 Å². The zero-order valence-corrected chi connectivity index (χ0v) is 11.5. The van der Waals surface area contributed by atoms with E-state index in [9.17, 15) is 0 Å². The molecule has 1 aliphatic heterocycles. The molecular formula is C15H24N2O. The van der Waals surface area contributed by atoms with E-state index in [0.29, 0.717) is 6.04 Å². The molecule has 100 valence electrons. The van der Waals surface area contributed by atoms with Gasteiger partial charge in [0.05, 0.1) is 6.61 Å². The van der Waals surface area contributed by atoms with Gasteiger partial charge < -0.3 is 15.0 Å². The average Bonchev–Trinajstić information content (AvgIpc) is 2.39. The van der Waals surface area contributed by atoms with Crippen molar-refractivity contribution >= 4 is 5.69 Å². The van der Waals surface area contributed by atoms with E-state index < -0.39 is 0 Å². The zero-order valence-electron chi connectivity index (χ0n) is 11.5. The molecule has 1 atom stereocenters. The van der Waals surface area contributed by atoms with Crippen LogP contribution in [0.15, 0.2) is 24.3 Å². The molecule has 3 heteroatoms. The van der Waals surface area contributed by atoms with Crippen molar-refractivity contribution in [2.24, 2.45) is 0 Å². The molecule has 0 aromatic heterocycles. The number of fused-ring (bicyclic) bond motifs is 1. The molecule has 0 radical (unpaired) electrons. The number of methoxy groups -OCH3 is 1. The third-order valence-electron chi connectivity index (χ3n) is 3.50. The highest BCUT2D eigenvalue weighted by Gasteiger charge is 2.15. The second-order valence-electron chi connectivity index (χ2n) is 5.03. The van der Waals surface area contributed by atoms with Gasteiger partial charge in [-0.1, -0.05) is 18.2 Å². The molecule has 2 rings (SSSR count). The Hall–Kier alpha value is -1.06. The SMILES string of the molecule is COCC(C)NCCN1CCCc2ccccc21. The number of ether oxygens (including phenoxy) is 1. The van der Waals surface area contributed by atoms with E-state index in [-0.39, 0.29) is 0 Å². The Morgan fingerprint density at radius 3 is 3.06 bits per heavy atom. The monoisotopic (exact) mass is 248 g/mol. The van der Waals surface area contributed by atoms with Gasteiger partial charge in [-0.2, -0.15) is 0 Å². The van der Waals surface area contributed by atoms with Gasteiger partial charge in [-0.15, -0.1) is 0 Å². The number of nitrogens with zero attached hydrogens (tertiary/aromatic N) is 1. The molecular weight excluding hydrogens is 224 g/mol. The minimum absolute atomic E-state index is 0.426. The Kier molecular flexibility index (Phi) is 5.02. The van der Waals surface area contributed by atoms with E-state index in [0.717, 1.165) is 19.7 Å². The summed E-state index contributed by atoms with van der Waals surface area (Å²) in [5.74, 6) is 0. The highest BCUT2D eigenvalue weighted by Crippen LogP contribution is 2.25. The lowest BCUT2D eigenvalue weighted by atomic mass is 10.0. The van der Waals surface area contributed by atoms with E-state index in [1.165, 1.54) is 30.6 Å². The van der Waals surface area contributed by atoms with Crippen LogP contribution in [0.1, 0.15) is 18.9 Å². The lowest BCUT2D eigenvalue weighted by molar-refractivity contribution is 0.172. The van der Waals surface area contributed by atoms with Gasteiger partial charge in [-0.3, -0.25) is 0 Å². The van der Waals surface area contributed by atoms with E-state index >= 15 is 0 Å². The van der Waals surface area contributed by atoms with Crippen LogP contribution >= 0.6 is 0 Å². The van der Waals surface area contributed by atoms with Crippen molar-refractivity contribution in [3.05, 3.63) is 29.8 Å². The normalized spacial score (nSPS) is 16.4. The Morgan fingerprint density at radius 2 is 2.22 bits per heavy atom. The minimum Gasteiger partial charge on any atom is -0.383 e. The zero-order chi connectivity index (χ0) is 12.8. The largest absolute Gasteiger partial charge is 0.383 e. The van der Waals surface area contributed by atoms with Crippen LogP contribution in [0.3, 0.4) is 0 Å². The molecule has 1 heterocycles. The van der Waals surface area contributed by atoms with E-state index in [1.807, 2.05) is 0 Å². The molecule has 0 amide bonds. The van der Waals surface area contributed by atoms with Crippen molar-refractivity contribution in [3.63, 3.8) is 0 Å². The summed E-state index contributed by atoms with van der Waals surface area (Å²) >= 11 is 0. The van der Waals surface area contributed by atoms with Crippen LogP contribution in [-0.2, 0) is 11.2 Å². The number of nitrogens with one attached hydrogen (secondary N) is 1. The van der Waals surface area contributed by atoms with Crippen LogP contribution in [0.25, 0.3) is 0 Å². The summed E-state index contributed by atoms with van der Waals surface area (Å²) in [7, 11) is 1.75. The number of hydrogen-bond acceptors (Lipinski definition) is 3. The summed E-state index contributed by atoms with van der Waals surface area (Å²) in [6.07, 6.45) is 2.49. The number of hydrogen-bond donors (Lipinski definition) is 1. The van der Waals surface area contributed by atoms with Crippen molar-refractivity contribution in [1.82, 2.24) is 5.32 Å². The Morgan fingerprint density at radius 1 is 1.39 bits per heavy atom. The van der Waals surface area contributed by atoms with Crippen LogP contribution in [0.5, 0.6) is 0 Å². The number of rotatable bonds is 6. The van der Waals surface area contributed by atoms with Crippen molar-refractivity contribution in [2.45, 2.75) is 25.8 Å². The molecule has 0 saturated carbocycles. The van der Waals surface area contributed by atoms with Gasteiger partial charge in [0.15, 0.2) is 0 Å². The van der Waals surface area contributed by atoms with Gasteiger partial charge in [-0.05, 0) is 31.4 Å². The summed E-state index contributed by atoms with van der Waals surface area (Å²) in [5.41, 5.74) is 2.92. The molecule has 1 unspecified atom stereocenters. The van der Waals surface area contributed by atoms with Crippen molar-refractivity contribution in [3.8, 4) is 0 Å². The van der Waals surface area contributed by atoms with E-state index in [4.69, 9.17) is 4.74 Å². The summed E-state index contributed by atoms with van der Waals surface area (Å²) < 4.78 is 5.13. The lowest BCUT2D eigenvalue weighted by Crippen LogP contribution is -2.39. The van der Waals surface area contributed by atoms with Gasteiger partial charge >= 0.3 is 0 Å². The maximum atomic E-state index is 5.13. The highest BCUT2D eigenvalue weighted by atomic mass is 16.5. The van der Waals surface area contributed by atoms with Gasteiger partial charge in [0.2, 0.25) is 0 Å². The van der Waals surface area contributed by atoms with Crippen molar-refractivity contribution < 1.29 is 4.74 Å². The first-order valence-corrected chi connectivity index (χ1v) is 6.86. The maximum Gasteiger partial charge on any atom is 0.0613 e. The number of benzene rings is 1. The summed E-state index contributed by atoms with van der Waals surface area (Å²) in [4.78, 5) is 2.49. The third kappa shape index (κ3) is 3.47. The first-order valence-electron chi connectivity index (χ1n) is 6.86. The molecule has 1 aromatic rings. The van der Waals surface area contributed by atoms with Crippen LogP contribution in [0.4, 0.5) is 5.69 Å². The summed E-state index contributed by atoms with van der Waals surface area (Å²) in [5, 5.41) is 3.49. The minimum atomic E-state index is 0.426. The predicted molar refractivity (Wildman–Crippen MR) is 76.3 cm³/mol. The smallest absolute Gasteiger partial charge is 0.0613 e. The molecule has 1 N–H and O–H groups in total. The fourth-order valence-electron chi connectivity index (χ4n) is 2.60. The fraction of sp³-hybridized carbons (Fsp3) is 0.600. The predicted octanol–water partition coefficient (Wildman–Crippen LogP) is 2.06. The second kappa shape index (κ2) is 6.76. The van der Waals surface area contributed by atoms with Crippen LogP contribution in [-0.4, -0.2) is 39.4 Å². The van der Waals surface area contributed by atoms with Gasteiger partial charge in [0, 0.05) is 38.5 Å². The second-order valence-corrected chi connectivity index (χ2v) is 5.03. The number of anilines is 1. The van der Waals surface area contributed by atoms with Crippen molar-refractivity contribution in [1.29, 1.82) is 0 Å². The van der Waals surface area contributed by atoms with Crippen molar-refractivity contribution in [2.75, 3.05) is 38.3 Å². The molecule has 0 fully saturated rings. The molecule has 0 spiro atoms. The average molecular weight is 248 g/mol. The van der Waals surface area contributed by atoms with Gasteiger partial charge in [0.25, 0.3) is 0 Å². The summed E-state index contributed by atoms with van der Waals surface area (Å²) in [6.45, 7) is 6.20. The Labute approximate surface area is 110 Å². The molecule has 3 nitrogen and oxygen atoms in total. The molecule has 18 heavy (non-hydrogen) atoms. The molecule has 1 aliphatic rings. The van der Waals surface area contributed by atoms with Gasteiger partial charge in [-0.25, -0.2) is 0 Å². The van der Waals surface area contributed by atoms with Crippen LogP contribution in [0, 0.1) is 0 Å². The fourth-order valence-corrected chi connectivity index (χ4v) is 2.60. The molecule has 0 bridgehead atoms. The standard InChI is InChI=1S/C15H24N2O/c1-13(12-18-2)16-9-11-17-10-5-7-14-6-3-4-8-15(14)17/h3-4,6,8,13,16H,5,7,9-12H2,1-2H3. The Bertz CT molecular complexity index is 367. The number of aryl methyl sites for hydroxylation is 1. The van der Waals surface area contributed by atoms with Crippen LogP contribution < -0.4 is 10.2 Å². The quantitative estimate of drug-likeness (QED) is 0.834. The van der Waals surface area contributed by atoms with Crippen LogP contribution in [0.2, 0.25) is 0 Å². The molecule has 0 saturated heterocycles. The highest BCUT2D eigenvalue weighted by molar-refractivity contribution is 5.55. The first kappa shape index (κ1) is 13.4. The van der Waals surface area contributed by atoms with Gasteiger partial charge in [0.1, 0.15) is 0 Å². The van der Waals surface area contributed by atoms with E-state index in [2.05, 4.69) is 41.4 Å². The lowest BCUT2D eigenvalue weighted by Gasteiger charge is -2.31.